The van der Waals surface area contributed by atoms with Gasteiger partial charge in [0.25, 0.3) is 0 Å². The monoisotopic (exact) mass is 293 g/mol. The minimum atomic E-state index is -0.953. The summed E-state index contributed by atoms with van der Waals surface area (Å²) in [6.45, 7) is 4.12. The van der Waals surface area contributed by atoms with Gasteiger partial charge in [-0.05, 0) is 49.5 Å². The van der Waals surface area contributed by atoms with Crippen LogP contribution < -0.4 is 4.90 Å². The number of carboxylic acids is 1. The standard InChI is InChI=1S/C16H20ClNO2/c1-2-18(11-13-4-3-5-13)15-8-6-12(10-14(15)17)7-9-16(19)20/h6-10,13H,2-5,11H2,1H3,(H,19,20)/b9-7+. The van der Waals surface area contributed by atoms with Gasteiger partial charge in [0, 0.05) is 19.2 Å². The summed E-state index contributed by atoms with van der Waals surface area (Å²) in [4.78, 5) is 12.8. The van der Waals surface area contributed by atoms with E-state index in [1.807, 2.05) is 18.2 Å². The summed E-state index contributed by atoms with van der Waals surface area (Å²) in [6.07, 6.45) is 6.65. The van der Waals surface area contributed by atoms with E-state index in [9.17, 15) is 4.79 Å². The lowest BCUT2D eigenvalue weighted by atomic mass is 9.85. The topological polar surface area (TPSA) is 40.5 Å². The van der Waals surface area contributed by atoms with Gasteiger partial charge in [-0.3, -0.25) is 0 Å². The van der Waals surface area contributed by atoms with Crippen LogP contribution in [-0.4, -0.2) is 24.2 Å². The molecule has 3 nitrogen and oxygen atoms in total. The Morgan fingerprint density at radius 1 is 1.50 bits per heavy atom. The zero-order valence-electron chi connectivity index (χ0n) is 11.7. The molecule has 0 saturated heterocycles. The third kappa shape index (κ3) is 3.76. The molecular formula is C16H20ClNO2. The number of carboxylic acid groups (broad SMARTS) is 1. The maximum atomic E-state index is 10.5. The highest BCUT2D eigenvalue weighted by Gasteiger charge is 2.21. The molecule has 0 aliphatic heterocycles. The van der Waals surface area contributed by atoms with E-state index >= 15 is 0 Å². The van der Waals surface area contributed by atoms with Crippen LogP contribution in [0.15, 0.2) is 24.3 Å². The summed E-state index contributed by atoms with van der Waals surface area (Å²) >= 11 is 6.34. The molecule has 1 N–H and O–H groups in total. The maximum absolute atomic E-state index is 10.5. The van der Waals surface area contributed by atoms with Gasteiger partial charge in [0.15, 0.2) is 0 Å². The van der Waals surface area contributed by atoms with Crippen molar-refractivity contribution in [3.05, 3.63) is 34.9 Å². The summed E-state index contributed by atoms with van der Waals surface area (Å²) in [5.74, 6) is -0.164. The lowest BCUT2D eigenvalue weighted by Crippen LogP contribution is -2.32. The minimum absolute atomic E-state index is 0.679. The van der Waals surface area contributed by atoms with Crippen molar-refractivity contribution in [3.63, 3.8) is 0 Å². The zero-order valence-corrected chi connectivity index (χ0v) is 12.4. The van der Waals surface area contributed by atoms with Crippen LogP contribution in [0.1, 0.15) is 31.7 Å². The molecule has 1 aromatic rings. The molecule has 0 radical (unpaired) electrons. The first kappa shape index (κ1) is 14.9. The smallest absolute Gasteiger partial charge is 0.328 e. The summed E-state index contributed by atoms with van der Waals surface area (Å²) in [7, 11) is 0. The maximum Gasteiger partial charge on any atom is 0.328 e. The van der Waals surface area contributed by atoms with Gasteiger partial charge >= 0.3 is 5.97 Å². The van der Waals surface area contributed by atoms with Crippen LogP contribution in [0.3, 0.4) is 0 Å². The predicted octanol–water partition coefficient (Wildman–Crippen LogP) is 4.06. The van der Waals surface area contributed by atoms with E-state index in [4.69, 9.17) is 16.7 Å². The van der Waals surface area contributed by atoms with Crippen molar-refractivity contribution in [2.45, 2.75) is 26.2 Å². The normalized spacial score (nSPS) is 15.3. The highest BCUT2D eigenvalue weighted by atomic mass is 35.5. The van der Waals surface area contributed by atoms with Crippen molar-refractivity contribution in [1.29, 1.82) is 0 Å². The Bertz CT molecular complexity index is 509. The average Bonchev–Trinajstić information content (AvgIpc) is 2.36. The molecular weight excluding hydrogens is 274 g/mol. The predicted molar refractivity (Wildman–Crippen MR) is 83.3 cm³/mol. The number of hydrogen-bond acceptors (Lipinski definition) is 2. The molecule has 0 spiro atoms. The van der Waals surface area contributed by atoms with E-state index in [1.165, 1.54) is 19.3 Å². The Hall–Kier alpha value is -1.48. The number of aliphatic carboxylic acids is 1. The first-order chi connectivity index (χ1) is 9.60. The van der Waals surface area contributed by atoms with E-state index < -0.39 is 5.97 Å². The number of benzene rings is 1. The van der Waals surface area contributed by atoms with Crippen molar-refractivity contribution < 1.29 is 9.90 Å². The second-order valence-electron chi connectivity index (χ2n) is 5.22. The number of halogens is 1. The van der Waals surface area contributed by atoms with E-state index in [1.54, 1.807) is 6.08 Å². The van der Waals surface area contributed by atoms with Crippen LogP contribution in [0.4, 0.5) is 5.69 Å². The summed E-state index contributed by atoms with van der Waals surface area (Å²) < 4.78 is 0. The molecule has 0 aromatic heterocycles. The van der Waals surface area contributed by atoms with E-state index in [0.29, 0.717) is 5.02 Å². The Labute approximate surface area is 124 Å². The van der Waals surface area contributed by atoms with Gasteiger partial charge in [-0.25, -0.2) is 4.79 Å². The zero-order chi connectivity index (χ0) is 14.5. The van der Waals surface area contributed by atoms with E-state index in [-0.39, 0.29) is 0 Å². The summed E-state index contributed by atoms with van der Waals surface area (Å²) in [6, 6.07) is 5.70. The quantitative estimate of drug-likeness (QED) is 0.804. The second-order valence-corrected chi connectivity index (χ2v) is 5.63. The van der Waals surface area contributed by atoms with Gasteiger partial charge in [0.05, 0.1) is 10.7 Å². The summed E-state index contributed by atoms with van der Waals surface area (Å²) in [5, 5.41) is 9.31. The molecule has 0 amide bonds. The SMILES string of the molecule is CCN(CC1CCC1)c1ccc(/C=C/C(=O)O)cc1Cl. The molecule has 20 heavy (non-hydrogen) atoms. The first-order valence-corrected chi connectivity index (χ1v) is 7.43. The van der Waals surface area contributed by atoms with Gasteiger partial charge in [-0.15, -0.1) is 0 Å². The molecule has 0 unspecified atom stereocenters. The van der Waals surface area contributed by atoms with Crippen LogP contribution in [0, 0.1) is 5.92 Å². The highest BCUT2D eigenvalue weighted by molar-refractivity contribution is 6.33. The fourth-order valence-corrected chi connectivity index (χ4v) is 2.74. The second kappa shape index (κ2) is 6.80. The number of rotatable bonds is 6. The Balaban J connectivity index is 2.12. The Morgan fingerprint density at radius 2 is 2.25 bits per heavy atom. The molecule has 4 heteroatoms. The molecule has 2 rings (SSSR count). The fourth-order valence-electron chi connectivity index (χ4n) is 2.44. The average molecular weight is 294 g/mol. The molecule has 0 atom stereocenters. The van der Waals surface area contributed by atoms with Crippen LogP contribution in [-0.2, 0) is 4.79 Å². The van der Waals surface area contributed by atoms with Crippen LogP contribution >= 0.6 is 11.6 Å². The van der Waals surface area contributed by atoms with E-state index in [0.717, 1.165) is 36.3 Å². The van der Waals surface area contributed by atoms with Crippen molar-refractivity contribution in [3.8, 4) is 0 Å². The van der Waals surface area contributed by atoms with Crippen molar-refractivity contribution >= 4 is 29.3 Å². The van der Waals surface area contributed by atoms with E-state index in [2.05, 4.69) is 11.8 Å². The first-order valence-electron chi connectivity index (χ1n) is 7.05. The molecule has 1 fully saturated rings. The van der Waals surface area contributed by atoms with Crippen LogP contribution in [0.2, 0.25) is 5.02 Å². The molecule has 0 bridgehead atoms. The van der Waals surface area contributed by atoms with Gasteiger partial charge < -0.3 is 10.0 Å². The highest BCUT2D eigenvalue weighted by Crippen LogP contribution is 2.32. The number of anilines is 1. The molecule has 1 saturated carbocycles. The Morgan fingerprint density at radius 3 is 2.75 bits per heavy atom. The molecule has 0 heterocycles. The van der Waals surface area contributed by atoms with Crippen LogP contribution in [0.5, 0.6) is 0 Å². The van der Waals surface area contributed by atoms with Gasteiger partial charge in [-0.1, -0.05) is 24.1 Å². The fraction of sp³-hybridized carbons (Fsp3) is 0.438. The van der Waals surface area contributed by atoms with Crippen molar-refractivity contribution in [1.82, 2.24) is 0 Å². The molecule has 1 aromatic carbocycles. The Kier molecular flexibility index (Phi) is 5.07. The van der Waals surface area contributed by atoms with Crippen LogP contribution in [0.25, 0.3) is 6.08 Å². The number of hydrogen-bond donors (Lipinski definition) is 1. The number of carbonyl (C=O) groups is 1. The third-order valence-electron chi connectivity index (χ3n) is 3.82. The molecule has 1 aliphatic carbocycles. The minimum Gasteiger partial charge on any atom is -0.478 e. The lowest BCUT2D eigenvalue weighted by molar-refractivity contribution is -0.131. The number of nitrogens with zero attached hydrogens (tertiary/aromatic N) is 1. The van der Waals surface area contributed by atoms with Gasteiger partial charge in [-0.2, -0.15) is 0 Å². The summed E-state index contributed by atoms with van der Waals surface area (Å²) in [5.41, 5.74) is 1.84. The van der Waals surface area contributed by atoms with Crippen molar-refractivity contribution in [2.24, 2.45) is 5.92 Å². The third-order valence-corrected chi connectivity index (χ3v) is 4.12. The van der Waals surface area contributed by atoms with Gasteiger partial charge in [0.2, 0.25) is 0 Å². The lowest BCUT2D eigenvalue weighted by Gasteiger charge is -2.33. The van der Waals surface area contributed by atoms with Crippen molar-refractivity contribution in [2.75, 3.05) is 18.0 Å². The largest absolute Gasteiger partial charge is 0.478 e. The molecule has 108 valence electrons. The molecule has 1 aliphatic rings. The van der Waals surface area contributed by atoms with Gasteiger partial charge in [0.1, 0.15) is 0 Å².